The van der Waals surface area contributed by atoms with Gasteiger partial charge in [-0.1, -0.05) is 36.9 Å². The molecular formula is C18H19N3OS. The highest BCUT2D eigenvalue weighted by Crippen LogP contribution is 2.47. The normalized spacial score (nSPS) is 26.1. The number of methoxy groups -OCH3 is 1. The summed E-state index contributed by atoms with van der Waals surface area (Å²) in [4.78, 5) is 12.0. The van der Waals surface area contributed by atoms with Crippen LogP contribution >= 0.6 is 11.8 Å². The third-order valence-corrected chi connectivity index (χ3v) is 5.42. The number of benzene rings is 1. The molecule has 0 aliphatic carbocycles. The number of nitrogens with zero attached hydrogens (tertiary/aromatic N) is 3. The second kappa shape index (κ2) is 5.89. The van der Waals surface area contributed by atoms with Gasteiger partial charge in [0.05, 0.1) is 18.8 Å². The summed E-state index contributed by atoms with van der Waals surface area (Å²) >= 11 is 1.86. The van der Waals surface area contributed by atoms with Crippen LogP contribution in [0.2, 0.25) is 0 Å². The highest BCUT2D eigenvalue weighted by molar-refractivity contribution is 8.14. The standard InChI is InChI=1S/C18H19N3OS/c1-12-11-21-17(13-6-5-7-14(10-13)22-2)16(20-18(21)23-12)15-8-3-4-9-19-15/h3-10,12,16-17H,11H2,1-2H3/t12-,16-,17+/m0/s1. The molecule has 4 rings (SSSR count). The number of rotatable bonds is 3. The summed E-state index contributed by atoms with van der Waals surface area (Å²) in [5.74, 6) is 0.885. The zero-order valence-corrected chi connectivity index (χ0v) is 14.0. The topological polar surface area (TPSA) is 37.7 Å². The van der Waals surface area contributed by atoms with Gasteiger partial charge in [0.15, 0.2) is 5.17 Å². The average molecular weight is 325 g/mol. The molecule has 1 fully saturated rings. The van der Waals surface area contributed by atoms with Gasteiger partial charge < -0.3 is 9.64 Å². The van der Waals surface area contributed by atoms with Crippen LogP contribution in [0.25, 0.3) is 0 Å². The van der Waals surface area contributed by atoms with Crippen molar-refractivity contribution in [1.29, 1.82) is 0 Å². The maximum Gasteiger partial charge on any atom is 0.160 e. The molecule has 3 heterocycles. The summed E-state index contributed by atoms with van der Waals surface area (Å²) in [5, 5.41) is 1.72. The number of amidine groups is 1. The Labute approximate surface area is 140 Å². The summed E-state index contributed by atoms with van der Waals surface area (Å²) in [5.41, 5.74) is 2.25. The Morgan fingerprint density at radius 2 is 2.13 bits per heavy atom. The zero-order valence-electron chi connectivity index (χ0n) is 13.2. The van der Waals surface area contributed by atoms with Gasteiger partial charge in [0.2, 0.25) is 0 Å². The number of hydrogen-bond donors (Lipinski definition) is 0. The number of fused-ring (bicyclic) bond motifs is 1. The predicted molar refractivity (Wildman–Crippen MR) is 93.9 cm³/mol. The molecule has 0 N–H and O–H groups in total. The molecule has 0 unspecified atom stereocenters. The van der Waals surface area contributed by atoms with Gasteiger partial charge in [-0.15, -0.1) is 0 Å². The minimum atomic E-state index is 0.0401. The number of thioether (sulfide) groups is 1. The molecule has 2 aliphatic rings. The molecule has 118 valence electrons. The van der Waals surface area contributed by atoms with Crippen LogP contribution in [0.1, 0.15) is 30.3 Å². The van der Waals surface area contributed by atoms with Gasteiger partial charge in [-0.3, -0.25) is 9.98 Å². The molecule has 0 amide bonds. The van der Waals surface area contributed by atoms with E-state index in [2.05, 4.69) is 35.0 Å². The first-order valence-electron chi connectivity index (χ1n) is 7.82. The molecule has 1 aromatic carbocycles. The smallest absolute Gasteiger partial charge is 0.160 e. The largest absolute Gasteiger partial charge is 0.497 e. The summed E-state index contributed by atoms with van der Waals surface area (Å²) in [6.07, 6.45) is 1.84. The van der Waals surface area contributed by atoms with Crippen LogP contribution in [0, 0.1) is 0 Å². The van der Waals surface area contributed by atoms with E-state index in [0.29, 0.717) is 5.25 Å². The SMILES string of the molecule is COc1cccc([C@@H]2[C@H](c3ccccn3)N=C3S[C@@H](C)CN32)c1. The van der Waals surface area contributed by atoms with Gasteiger partial charge in [0.25, 0.3) is 0 Å². The summed E-state index contributed by atoms with van der Waals surface area (Å²) in [7, 11) is 1.71. The summed E-state index contributed by atoms with van der Waals surface area (Å²) in [6, 6.07) is 14.6. The Hall–Kier alpha value is -2.01. The molecule has 1 aromatic heterocycles. The lowest BCUT2D eigenvalue weighted by molar-refractivity contribution is 0.320. The van der Waals surface area contributed by atoms with Gasteiger partial charge in [0, 0.05) is 18.0 Å². The first-order valence-corrected chi connectivity index (χ1v) is 8.70. The van der Waals surface area contributed by atoms with E-state index in [9.17, 15) is 0 Å². The van der Waals surface area contributed by atoms with Crippen LogP contribution in [0.3, 0.4) is 0 Å². The van der Waals surface area contributed by atoms with E-state index in [1.54, 1.807) is 7.11 Å². The van der Waals surface area contributed by atoms with Crippen LogP contribution < -0.4 is 4.74 Å². The fourth-order valence-corrected chi connectivity index (χ4v) is 4.40. The Balaban J connectivity index is 1.77. The molecular weight excluding hydrogens is 306 g/mol. The molecule has 1 saturated heterocycles. The van der Waals surface area contributed by atoms with Gasteiger partial charge in [-0.05, 0) is 29.8 Å². The van der Waals surface area contributed by atoms with Crippen LogP contribution in [0.5, 0.6) is 5.75 Å². The van der Waals surface area contributed by atoms with E-state index in [1.807, 2.05) is 42.2 Å². The lowest BCUT2D eigenvalue weighted by atomic mass is 9.96. The average Bonchev–Trinajstić information content (AvgIpc) is 3.11. The highest BCUT2D eigenvalue weighted by Gasteiger charge is 2.43. The monoisotopic (exact) mass is 325 g/mol. The Morgan fingerprint density at radius 3 is 2.91 bits per heavy atom. The van der Waals surface area contributed by atoms with Crippen molar-refractivity contribution < 1.29 is 4.74 Å². The summed E-state index contributed by atoms with van der Waals surface area (Å²) < 4.78 is 5.41. The zero-order chi connectivity index (χ0) is 15.8. The minimum absolute atomic E-state index is 0.0401. The van der Waals surface area contributed by atoms with E-state index < -0.39 is 0 Å². The number of aromatic nitrogens is 1. The quantitative estimate of drug-likeness (QED) is 0.863. The Kier molecular flexibility index (Phi) is 3.73. The molecule has 23 heavy (non-hydrogen) atoms. The lowest BCUT2D eigenvalue weighted by Crippen LogP contribution is -2.28. The van der Waals surface area contributed by atoms with Crippen molar-refractivity contribution in [3.05, 3.63) is 59.9 Å². The molecule has 2 aliphatic heterocycles. The van der Waals surface area contributed by atoms with Crippen molar-refractivity contribution in [2.45, 2.75) is 24.3 Å². The first-order chi connectivity index (χ1) is 11.3. The van der Waals surface area contributed by atoms with Crippen molar-refractivity contribution >= 4 is 16.9 Å². The summed E-state index contributed by atoms with van der Waals surface area (Å²) in [6.45, 7) is 3.28. The number of ether oxygens (including phenoxy) is 1. The van der Waals surface area contributed by atoms with Crippen molar-refractivity contribution in [2.24, 2.45) is 4.99 Å². The number of aliphatic imine (C=N–C) groups is 1. The first kappa shape index (κ1) is 14.6. The minimum Gasteiger partial charge on any atom is -0.497 e. The highest BCUT2D eigenvalue weighted by atomic mass is 32.2. The third-order valence-electron chi connectivity index (χ3n) is 4.32. The molecule has 0 spiro atoms. The second-order valence-corrected chi connectivity index (χ2v) is 7.32. The van der Waals surface area contributed by atoms with Crippen molar-refractivity contribution in [3.63, 3.8) is 0 Å². The van der Waals surface area contributed by atoms with E-state index in [-0.39, 0.29) is 12.1 Å². The van der Waals surface area contributed by atoms with Gasteiger partial charge >= 0.3 is 0 Å². The molecule has 0 bridgehead atoms. The fourth-order valence-electron chi connectivity index (χ4n) is 3.30. The van der Waals surface area contributed by atoms with Gasteiger partial charge in [0.1, 0.15) is 11.8 Å². The predicted octanol–water partition coefficient (Wildman–Crippen LogP) is 3.68. The van der Waals surface area contributed by atoms with Crippen LogP contribution in [0.15, 0.2) is 53.7 Å². The van der Waals surface area contributed by atoms with E-state index in [4.69, 9.17) is 9.73 Å². The van der Waals surface area contributed by atoms with Crippen molar-refractivity contribution in [2.75, 3.05) is 13.7 Å². The maximum absolute atomic E-state index is 5.41. The van der Waals surface area contributed by atoms with Crippen LogP contribution in [-0.4, -0.2) is 34.0 Å². The molecule has 2 aromatic rings. The Morgan fingerprint density at radius 1 is 1.22 bits per heavy atom. The second-order valence-electron chi connectivity index (χ2n) is 5.91. The number of pyridine rings is 1. The van der Waals surface area contributed by atoms with Crippen molar-refractivity contribution in [1.82, 2.24) is 9.88 Å². The van der Waals surface area contributed by atoms with E-state index in [1.165, 1.54) is 5.56 Å². The third kappa shape index (κ3) is 2.59. The lowest BCUT2D eigenvalue weighted by Gasteiger charge is -2.27. The molecule has 3 atom stereocenters. The molecule has 5 heteroatoms. The van der Waals surface area contributed by atoms with Crippen LogP contribution in [-0.2, 0) is 0 Å². The van der Waals surface area contributed by atoms with Gasteiger partial charge in [-0.25, -0.2) is 0 Å². The molecule has 0 radical (unpaired) electrons. The van der Waals surface area contributed by atoms with Crippen molar-refractivity contribution in [3.8, 4) is 5.75 Å². The van der Waals surface area contributed by atoms with E-state index in [0.717, 1.165) is 23.2 Å². The Bertz CT molecular complexity index is 734. The molecule has 0 saturated carbocycles. The van der Waals surface area contributed by atoms with Crippen LogP contribution in [0.4, 0.5) is 0 Å². The fraction of sp³-hybridized carbons (Fsp3) is 0.333. The number of hydrogen-bond acceptors (Lipinski definition) is 5. The molecule has 4 nitrogen and oxygen atoms in total. The maximum atomic E-state index is 5.41. The van der Waals surface area contributed by atoms with E-state index >= 15 is 0 Å². The van der Waals surface area contributed by atoms with Gasteiger partial charge in [-0.2, -0.15) is 0 Å².